The number of alkyl halides is 3. The predicted molar refractivity (Wildman–Crippen MR) is 82.1 cm³/mol. The van der Waals surface area contributed by atoms with Crippen molar-refractivity contribution in [1.82, 2.24) is 0 Å². The van der Waals surface area contributed by atoms with Gasteiger partial charge >= 0.3 is 6.18 Å². The lowest BCUT2D eigenvalue weighted by Crippen LogP contribution is -2.48. The average Bonchev–Trinajstić information content (AvgIpc) is 2.85. The van der Waals surface area contributed by atoms with Crippen molar-refractivity contribution in [3.63, 3.8) is 0 Å². The molecule has 0 aromatic heterocycles. The van der Waals surface area contributed by atoms with Crippen LogP contribution in [0.4, 0.5) is 18.9 Å². The molecule has 3 nitrogen and oxygen atoms in total. The fourth-order valence-electron chi connectivity index (χ4n) is 2.53. The topological polar surface area (TPSA) is 55.1 Å². The van der Waals surface area contributed by atoms with E-state index in [-0.39, 0.29) is 24.7 Å². The zero-order valence-electron chi connectivity index (χ0n) is 12.1. The van der Waals surface area contributed by atoms with E-state index in [9.17, 15) is 18.0 Å². The molecule has 0 saturated heterocycles. The summed E-state index contributed by atoms with van der Waals surface area (Å²) in [5, 5.41) is 2.74. The normalized spacial score (nSPS) is 16.9. The number of halogens is 4. The standard InChI is InChI=1S/C15H19F3N2O.ClH/c16-15(17,18)10-7-11-3-5-12(6-4-11)20-13(21)14(19)8-1-2-9-14;/h3-6H,1-2,7-10,19H2,(H,20,21);1H. The molecular weight excluding hydrogens is 317 g/mol. The summed E-state index contributed by atoms with van der Waals surface area (Å²) < 4.78 is 36.4. The lowest BCUT2D eigenvalue weighted by molar-refractivity contribution is -0.134. The van der Waals surface area contributed by atoms with Crippen molar-refractivity contribution in [1.29, 1.82) is 0 Å². The van der Waals surface area contributed by atoms with E-state index in [2.05, 4.69) is 5.32 Å². The number of hydrogen-bond donors (Lipinski definition) is 2. The van der Waals surface area contributed by atoms with Gasteiger partial charge in [-0.25, -0.2) is 0 Å². The van der Waals surface area contributed by atoms with Crippen LogP contribution in [-0.4, -0.2) is 17.6 Å². The van der Waals surface area contributed by atoms with E-state index in [0.29, 0.717) is 24.1 Å². The van der Waals surface area contributed by atoms with Crippen LogP contribution in [0.1, 0.15) is 37.7 Å². The maximum Gasteiger partial charge on any atom is 0.389 e. The van der Waals surface area contributed by atoms with E-state index < -0.39 is 18.1 Å². The van der Waals surface area contributed by atoms with Gasteiger partial charge < -0.3 is 11.1 Å². The molecule has 1 saturated carbocycles. The maximum absolute atomic E-state index is 12.1. The fraction of sp³-hybridized carbons (Fsp3) is 0.533. The van der Waals surface area contributed by atoms with Crippen LogP contribution in [0, 0.1) is 0 Å². The maximum atomic E-state index is 12.1. The van der Waals surface area contributed by atoms with Crippen molar-refractivity contribution in [3.05, 3.63) is 29.8 Å². The van der Waals surface area contributed by atoms with E-state index >= 15 is 0 Å². The lowest BCUT2D eigenvalue weighted by atomic mass is 9.98. The minimum Gasteiger partial charge on any atom is -0.324 e. The number of anilines is 1. The van der Waals surface area contributed by atoms with Crippen LogP contribution >= 0.6 is 12.4 Å². The van der Waals surface area contributed by atoms with Gasteiger partial charge in [-0.2, -0.15) is 13.2 Å². The van der Waals surface area contributed by atoms with Gasteiger partial charge in [0.25, 0.3) is 0 Å². The number of nitrogens with one attached hydrogen (secondary N) is 1. The molecule has 124 valence electrons. The van der Waals surface area contributed by atoms with Crippen LogP contribution in [0.2, 0.25) is 0 Å². The summed E-state index contributed by atoms with van der Waals surface area (Å²) >= 11 is 0. The first-order valence-corrected chi connectivity index (χ1v) is 7.05. The second-order valence-electron chi connectivity index (χ2n) is 5.63. The third-order valence-electron chi connectivity index (χ3n) is 3.86. The number of carbonyl (C=O) groups is 1. The van der Waals surface area contributed by atoms with Crippen LogP contribution in [0.3, 0.4) is 0 Å². The van der Waals surface area contributed by atoms with E-state index in [0.717, 1.165) is 12.8 Å². The number of nitrogens with two attached hydrogens (primary N) is 1. The van der Waals surface area contributed by atoms with E-state index in [1.165, 1.54) is 0 Å². The highest BCUT2D eigenvalue weighted by atomic mass is 35.5. The molecule has 0 atom stereocenters. The highest BCUT2D eigenvalue weighted by Gasteiger charge is 2.36. The Morgan fingerprint density at radius 1 is 1.18 bits per heavy atom. The molecule has 3 N–H and O–H groups in total. The summed E-state index contributed by atoms with van der Waals surface area (Å²) in [7, 11) is 0. The molecule has 7 heteroatoms. The zero-order chi connectivity index (χ0) is 15.5. The Hall–Kier alpha value is -1.27. The van der Waals surface area contributed by atoms with Crippen LogP contribution in [0.15, 0.2) is 24.3 Å². The highest BCUT2D eigenvalue weighted by molar-refractivity contribution is 5.98. The van der Waals surface area contributed by atoms with E-state index in [1.54, 1.807) is 24.3 Å². The van der Waals surface area contributed by atoms with Crippen LogP contribution < -0.4 is 11.1 Å². The van der Waals surface area contributed by atoms with Gasteiger partial charge in [-0.1, -0.05) is 25.0 Å². The summed E-state index contributed by atoms with van der Waals surface area (Å²) in [6.45, 7) is 0. The Labute approximate surface area is 133 Å². The Morgan fingerprint density at radius 3 is 2.23 bits per heavy atom. The number of benzene rings is 1. The number of amides is 1. The predicted octanol–water partition coefficient (Wildman–Crippen LogP) is 3.81. The number of hydrogen-bond acceptors (Lipinski definition) is 2. The van der Waals surface area contributed by atoms with Gasteiger partial charge in [0.05, 0.1) is 5.54 Å². The molecule has 0 radical (unpaired) electrons. The first-order valence-electron chi connectivity index (χ1n) is 7.05. The van der Waals surface area contributed by atoms with Gasteiger partial charge in [-0.15, -0.1) is 12.4 Å². The van der Waals surface area contributed by atoms with Gasteiger partial charge in [0.1, 0.15) is 0 Å². The second-order valence-corrected chi connectivity index (χ2v) is 5.63. The molecule has 1 amide bonds. The van der Waals surface area contributed by atoms with Crippen molar-refractivity contribution in [2.24, 2.45) is 5.73 Å². The molecule has 22 heavy (non-hydrogen) atoms. The highest BCUT2D eigenvalue weighted by Crippen LogP contribution is 2.28. The minimum absolute atomic E-state index is 0. The summed E-state index contributed by atoms with van der Waals surface area (Å²) in [4.78, 5) is 12.1. The number of carbonyl (C=O) groups excluding carboxylic acids is 1. The van der Waals surface area contributed by atoms with Crippen LogP contribution in [0.25, 0.3) is 0 Å². The molecule has 2 rings (SSSR count). The van der Waals surface area contributed by atoms with Gasteiger partial charge in [0.2, 0.25) is 5.91 Å². The molecule has 1 aliphatic carbocycles. The molecular formula is C15H20ClF3N2O. The Bertz CT molecular complexity index is 497. The van der Waals surface area contributed by atoms with E-state index in [1.807, 2.05) is 0 Å². The molecule has 1 aromatic rings. The van der Waals surface area contributed by atoms with Crippen molar-refractivity contribution >= 4 is 24.0 Å². The van der Waals surface area contributed by atoms with Gasteiger partial charge in [-0.3, -0.25) is 4.79 Å². The second kappa shape index (κ2) is 7.33. The summed E-state index contributed by atoms with van der Waals surface area (Å²) in [6, 6.07) is 6.42. The third kappa shape index (κ3) is 5.18. The monoisotopic (exact) mass is 336 g/mol. The van der Waals surface area contributed by atoms with Crippen molar-refractivity contribution in [2.45, 2.75) is 50.2 Å². The van der Waals surface area contributed by atoms with Crippen molar-refractivity contribution in [3.8, 4) is 0 Å². The molecule has 1 aliphatic rings. The van der Waals surface area contributed by atoms with Crippen LogP contribution in [0.5, 0.6) is 0 Å². The largest absolute Gasteiger partial charge is 0.389 e. The quantitative estimate of drug-likeness (QED) is 0.878. The number of rotatable bonds is 4. The first kappa shape index (κ1) is 18.8. The van der Waals surface area contributed by atoms with Gasteiger partial charge in [0, 0.05) is 12.1 Å². The summed E-state index contributed by atoms with van der Waals surface area (Å²) in [6.07, 6.45) is -1.82. The zero-order valence-corrected chi connectivity index (χ0v) is 12.9. The SMILES string of the molecule is Cl.NC1(C(=O)Nc2ccc(CCC(F)(F)F)cc2)CCCC1. The summed E-state index contributed by atoms with van der Waals surface area (Å²) in [5.74, 6) is -0.219. The molecule has 0 heterocycles. The Kier molecular flexibility index (Phi) is 6.26. The van der Waals surface area contributed by atoms with Gasteiger partial charge in [0.15, 0.2) is 0 Å². The molecule has 1 aromatic carbocycles. The smallest absolute Gasteiger partial charge is 0.324 e. The van der Waals surface area contributed by atoms with Gasteiger partial charge in [-0.05, 0) is 37.0 Å². The van der Waals surface area contributed by atoms with E-state index in [4.69, 9.17) is 5.73 Å². The van der Waals surface area contributed by atoms with Crippen molar-refractivity contribution < 1.29 is 18.0 Å². The molecule has 0 bridgehead atoms. The Balaban J connectivity index is 0.00000242. The molecule has 1 fully saturated rings. The summed E-state index contributed by atoms with van der Waals surface area (Å²) in [5.41, 5.74) is 6.38. The molecule has 0 spiro atoms. The molecule has 0 unspecified atom stereocenters. The third-order valence-corrected chi connectivity index (χ3v) is 3.86. The lowest BCUT2D eigenvalue weighted by Gasteiger charge is -2.22. The van der Waals surface area contributed by atoms with Crippen LogP contribution in [-0.2, 0) is 11.2 Å². The average molecular weight is 337 g/mol. The fourth-order valence-corrected chi connectivity index (χ4v) is 2.53. The minimum atomic E-state index is -4.15. The Morgan fingerprint density at radius 2 is 1.73 bits per heavy atom. The first-order chi connectivity index (χ1) is 9.78. The van der Waals surface area contributed by atoms with Crippen molar-refractivity contribution in [2.75, 3.05) is 5.32 Å². The molecule has 0 aliphatic heterocycles. The number of aryl methyl sites for hydroxylation is 1.